The molecule has 0 radical (unpaired) electrons. The van der Waals surface area contributed by atoms with Crippen LogP contribution in [0, 0.1) is 17.1 Å². The molecule has 0 unspecified atom stereocenters. The molecule has 0 fully saturated rings. The van der Waals surface area contributed by atoms with Gasteiger partial charge in [0.1, 0.15) is 11.5 Å². The highest BCUT2D eigenvalue weighted by Gasteiger charge is 2.33. The second-order valence-corrected chi connectivity index (χ2v) is 8.54. The van der Waals surface area contributed by atoms with E-state index in [0.717, 1.165) is 5.56 Å². The molecule has 32 heavy (non-hydrogen) atoms. The van der Waals surface area contributed by atoms with Crippen LogP contribution >= 0.6 is 35.0 Å². The Hall–Kier alpha value is -3.11. The molecule has 0 spiro atoms. The van der Waals surface area contributed by atoms with Crippen molar-refractivity contribution in [3.63, 3.8) is 0 Å². The molecule has 0 saturated carbocycles. The zero-order valence-electron chi connectivity index (χ0n) is 16.4. The first kappa shape index (κ1) is 22.1. The molecule has 0 N–H and O–H groups in total. The quantitative estimate of drug-likeness (QED) is 0.390. The summed E-state index contributed by atoms with van der Waals surface area (Å²) < 4.78 is 14.5. The summed E-state index contributed by atoms with van der Waals surface area (Å²) in [6.07, 6.45) is 1.59. The summed E-state index contributed by atoms with van der Waals surface area (Å²) in [6.45, 7) is 0. The van der Waals surface area contributed by atoms with Crippen molar-refractivity contribution in [2.75, 3.05) is 4.90 Å². The number of aliphatic imine (C=N–C) groups is 1. The number of hydrogen-bond donors (Lipinski definition) is 0. The van der Waals surface area contributed by atoms with Crippen molar-refractivity contribution < 1.29 is 9.18 Å². The van der Waals surface area contributed by atoms with Gasteiger partial charge in [0.25, 0.3) is 5.91 Å². The molecule has 0 bridgehead atoms. The molecule has 0 aromatic heterocycles. The van der Waals surface area contributed by atoms with Crippen molar-refractivity contribution in [1.29, 1.82) is 5.26 Å². The van der Waals surface area contributed by atoms with E-state index in [2.05, 4.69) is 11.1 Å². The second-order valence-electron chi connectivity index (χ2n) is 6.79. The Morgan fingerprint density at radius 3 is 2.50 bits per heavy atom. The maximum atomic E-state index is 14.5. The van der Waals surface area contributed by atoms with Gasteiger partial charge in [-0.3, -0.25) is 9.69 Å². The molecular weight excluding hydrogens is 468 g/mol. The summed E-state index contributed by atoms with van der Waals surface area (Å²) in [5.74, 6) is -0.477. The number of nitriles is 1. The number of amidine groups is 1. The van der Waals surface area contributed by atoms with Crippen LogP contribution in [0.4, 0.5) is 10.1 Å². The molecule has 0 aliphatic carbocycles. The molecule has 0 atom stereocenters. The number of hydrogen-bond acceptors (Lipinski definition) is 4. The van der Waals surface area contributed by atoms with Gasteiger partial charge in [-0.1, -0.05) is 65.3 Å². The van der Waals surface area contributed by atoms with E-state index in [1.807, 2.05) is 12.1 Å². The number of nitrogens with zero attached hydrogens (tertiary/aromatic N) is 3. The monoisotopic (exact) mass is 481 g/mol. The van der Waals surface area contributed by atoms with E-state index in [0.29, 0.717) is 32.1 Å². The molecule has 4 rings (SSSR count). The van der Waals surface area contributed by atoms with E-state index in [1.54, 1.807) is 48.5 Å². The number of carbonyl (C=O) groups is 1. The average molecular weight is 482 g/mol. The Kier molecular flexibility index (Phi) is 6.61. The lowest BCUT2D eigenvalue weighted by molar-refractivity contribution is -0.113. The smallest absolute Gasteiger partial charge is 0.266 e. The highest BCUT2D eigenvalue weighted by Crippen LogP contribution is 2.33. The Labute approximate surface area is 198 Å². The third kappa shape index (κ3) is 4.71. The number of benzene rings is 3. The summed E-state index contributed by atoms with van der Waals surface area (Å²) in [5, 5.41) is 10.1. The second kappa shape index (κ2) is 9.58. The number of amides is 1. The Morgan fingerprint density at radius 1 is 1.06 bits per heavy atom. The van der Waals surface area contributed by atoms with Gasteiger partial charge in [0, 0.05) is 5.75 Å². The molecule has 1 amide bonds. The van der Waals surface area contributed by atoms with Crippen molar-refractivity contribution in [3.8, 4) is 6.07 Å². The zero-order valence-corrected chi connectivity index (χ0v) is 18.8. The van der Waals surface area contributed by atoms with Crippen molar-refractivity contribution in [2.45, 2.75) is 5.75 Å². The van der Waals surface area contributed by atoms with Gasteiger partial charge < -0.3 is 0 Å². The van der Waals surface area contributed by atoms with Crippen LogP contribution in [0.3, 0.4) is 0 Å². The van der Waals surface area contributed by atoms with Gasteiger partial charge >= 0.3 is 0 Å². The van der Waals surface area contributed by atoms with Crippen LogP contribution in [0.25, 0.3) is 6.08 Å². The number of rotatable bonds is 4. The zero-order chi connectivity index (χ0) is 22.7. The van der Waals surface area contributed by atoms with E-state index in [9.17, 15) is 9.18 Å². The van der Waals surface area contributed by atoms with Gasteiger partial charge in [-0.15, -0.1) is 0 Å². The number of carbonyl (C=O) groups excluding carboxylic acids is 1. The van der Waals surface area contributed by atoms with E-state index < -0.39 is 11.7 Å². The van der Waals surface area contributed by atoms with Gasteiger partial charge in [0.2, 0.25) is 0 Å². The fraction of sp³-hybridized carbons (Fsp3) is 0.0417. The topological polar surface area (TPSA) is 56.5 Å². The van der Waals surface area contributed by atoms with Crippen molar-refractivity contribution >= 4 is 57.8 Å². The summed E-state index contributed by atoms with van der Waals surface area (Å²) >= 11 is 13.4. The van der Waals surface area contributed by atoms with Gasteiger partial charge in [-0.05, 0) is 53.6 Å². The first-order valence-electron chi connectivity index (χ1n) is 9.42. The van der Waals surface area contributed by atoms with Crippen molar-refractivity contribution in [2.24, 2.45) is 4.99 Å². The minimum atomic E-state index is -0.525. The average Bonchev–Trinajstić information content (AvgIpc) is 3.10. The third-order valence-electron chi connectivity index (χ3n) is 4.62. The Morgan fingerprint density at radius 2 is 1.81 bits per heavy atom. The van der Waals surface area contributed by atoms with E-state index >= 15 is 0 Å². The van der Waals surface area contributed by atoms with Crippen LogP contribution < -0.4 is 4.90 Å². The third-order valence-corrected chi connectivity index (χ3v) is 6.37. The van der Waals surface area contributed by atoms with Gasteiger partial charge in [0.15, 0.2) is 5.17 Å². The summed E-state index contributed by atoms with van der Waals surface area (Å²) in [6, 6.07) is 20.2. The van der Waals surface area contributed by atoms with Crippen LogP contribution in [-0.4, -0.2) is 11.1 Å². The number of halogens is 3. The van der Waals surface area contributed by atoms with Crippen LogP contribution in [-0.2, 0) is 10.5 Å². The SMILES string of the molecule is N#Cc1ccc(CSC2=NC(=Cc3ccc(Cl)c(Cl)c3)C(=O)N2c2ccccc2F)cc1. The molecule has 1 heterocycles. The fourth-order valence-electron chi connectivity index (χ4n) is 3.02. The normalized spacial score (nSPS) is 14.6. The van der Waals surface area contributed by atoms with Crippen LogP contribution in [0.15, 0.2) is 77.4 Å². The highest BCUT2D eigenvalue weighted by molar-refractivity contribution is 8.13. The van der Waals surface area contributed by atoms with E-state index in [-0.39, 0.29) is 11.4 Å². The summed E-state index contributed by atoms with van der Waals surface area (Å²) in [4.78, 5) is 18.9. The predicted molar refractivity (Wildman–Crippen MR) is 128 cm³/mol. The lowest BCUT2D eigenvalue weighted by atomic mass is 10.2. The van der Waals surface area contributed by atoms with E-state index in [1.165, 1.54) is 28.8 Å². The molecule has 0 saturated heterocycles. The summed E-state index contributed by atoms with van der Waals surface area (Å²) in [7, 11) is 0. The number of thioether (sulfide) groups is 1. The molecule has 1 aliphatic heterocycles. The van der Waals surface area contributed by atoms with Crippen molar-refractivity contribution in [3.05, 3.63) is 105 Å². The maximum Gasteiger partial charge on any atom is 0.283 e. The van der Waals surface area contributed by atoms with Gasteiger partial charge in [0.05, 0.1) is 27.4 Å². The molecule has 8 heteroatoms. The van der Waals surface area contributed by atoms with E-state index in [4.69, 9.17) is 28.5 Å². The number of para-hydroxylation sites is 1. The summed E-state index contributed by atoms with van der Waals surface area (Å²) in [5.41, 5.74) is 2.44. The maximum absolute atomic E-state index is 14.5. The minimum Gasteiger partial charge on any atom is -0.266 e. The molecule has 1 aliphatic rings. The molecule has 158 valence electrons. The lowest BCUT2D eigenvalue weighted by Gasteiger charge is -2.18. The first-order valence-corrected chi connectivity index (χ1v) is 11.2. The minimum absolute atomic E-state index is 0.126. The fourth-order valence-corrected chi connectivity index (χ4v) is 4.29. The van der Waals surface area contributed by atoms with Gasteiger partial charge in [-0.25, -0.2) is 9.38 Å². The molecule has 3 aromatic carbocycles. The Balaban J connectivity index is 1.68. The first-order chi connectivity index (χ1) is 15.5. The van der Waals surface area contributed by atoms with Crippen LogP contribution in [0.1, 0.15) is 16.7 Å². The predicted octanol–water partition coefficient (Wildman–Crippen LogP) is 6.68. The molecule has 4 nitrogen and oxygen atoms in total. The largest absolute Gasteiger partial charge is 0.283 e. The molecule has 3 aromatic rings. The Bertz CT molecular complexity index is 1300. The van der Waals surface area contributed by atoms with Gasteiger partial charge in [-0.2, -0.15) is 5.26 Å². The van der Waals surface area contributed by atoms with Crippen molar-refractivity contribution in [1.82, 2.24) is 0 Å². The molecular formula is C24H14Cl2FN3OS. The standard InChI is InChI=1S/C24H14Cl2FN3OS/c25-18-10-9-17(11-19(18)26)12-21-23(31)30(22-4-2-1-3-20(22)27)24(29-21)32-14-16-7-5-15(13-28)6-8-16/h1-12H,14H2. The number of anilines is 1. The highest BCUT2D eigenvalue weighted by atomic mass is 35.5. The van der Waals surface area contributed by atoms with Crippen LogP contribution in [0.2, 0.25) is 10.0 Å². The lowest BCUT2D eigenvalue weighted by Crippen LogP contribution is -2.31. The van der Waals surface area contributed by atoms with Crippen LogP contribution in [0.5, 0.6) is 0 Å².